The summed E-state index contributed by atoms with van der Waals surface area (Å²) in [6.45, 7) is 4.84. The van der Waals surface area contributed by atoms with Crippen LogP contribution in [0, 0.1) is 0 Å². The van der Waals surface area contributed by atoms with Crippen molar-refractivity contribution >= 4 is 50.5 Å². The monoisotopic (exact) mass is 495 g/mol. The molecule has 1 N–H and O–H groups in total. The summed E-state index contributed by atoms with van der Waals surface area (Å²) in [4.78, 5) is 14.3. The Balaban J connectivity index is 1.60. The Labute approximate surface area is 207 Å². The lowest BCUT2D eigenvalue weighted by atomic mass is 9.95. The second-order valence-corrected chi connectivity index (χ2v) is 10.3. The molecule has 1 aliphatic rings. The number of carbonyl (C=O) groups excluding carboxylic acids is 1. The van der Waals surface area contributed by atoms with Crippen LogP contribution in [0.3, 0.4) is 0 Å². The molecule has 3 aromatic carbocycles. The quantitative estimate of drug-likeness (QED) is 0.309. The molecule has 168 valence electrons. The van der Waals surface area contributed by atoms with Gasteiger partial charge in [0.1, 0.15) is 5.75 Å². The summed E-state index contributed by atoms with van der Waals surface area (Å²) in [6.07, 6.45) is 0.744. The number of thiophene rings is 1. The second-order valence-electron chi connectivity index (χ2n) is 8.48. The molecule has 1 atom stereocenters. The standard InChI is InChI=1S/C27H23Cl2NO2S/c1-15(2)23-19-10-5-9-17(16-8-6-11-20(28)24(16)29)25(19)33-26(23)27(31)30-21-13-14-32-22-12-4-3-7-18(21)22/h3-12,15,21H,13-14H2,1-2H3,(H,30,31). The van der Waals surface area contributed by atoms with Gasteiger partial charge in [-0.25, -0.2) is 0 Å². The van der Waals surface area contributed by atoms with Crippen molar-refractivity contribution in [2.45, 2.75) is 32.2 Å². The van der Waals surface area contributed by atoms with Gasteiger partial charge in [-0.3, -0.25) is 4.79 Å². The summed E-state index contributed by atoms with van der Waals surface area (Å²) in [5.41, 5.74) is 3.95. The molecule has 0 saturated carbocycles. The SMILES string of the molecule is CC(C)c1c(C(=O)NC2CCOc3ccccc32)sc2c(-c3cccc(Cl)c3Cl)cccc12. The normalized spacial score (nSPS) is 15.4. The van der Waals surface area contributed by atoms with Gasteiger partial charge in [0.15, 0.2) is 0 Å². The van der Waals surface area contributed by atoms with Crippen LogP contribution in [0.25, 0.3) is 21.2 Å². The minimum absolute atomic E-state index is 0.0512. The highest BCUT2D eigenvalue weighted by atomic mass is 35.5. The lowest BCUT2D eigenvalue weighted by Gasteiger charge is -2.26. The Hall–Kier alpha value is -2.53. The first-order valence-electron chi connectivity index (χ1n) is 11.0. The summed E-state index contributed by atoms with van der Waals surface area (Å²) in [5, 5.41) is 5.40. The zero-order chi connectivity index (χ0) is 23.1. The molecule has 1 amide bonds. The molecule has 3 nitrogen and oxygen atoms in total. The average molecular weight is 496 g/mol. The number of para-hydroxylation sites is 1. The largest absolute Gasteiger partial charge is 0.493 e. The van der Waals surface area contributed by atoms with Crippen LogP contribution in [0.2, 0.25) is 10.0 Å². The number of halogens is 2. The van der Waals surface area contributed by atoms with Gasteiger partial charge in [-0.1, -0.05) is 85.6 Å². The molecule has 1 aromatic heterocycles. The van der Waals surface area contributed by atoms with Gasteiger partial charge in [0.05, 0.1) is 27.6 Å². The molecule has 4 aromatic rings. The van der Waals surface area contributed by atoms with E-state index in [1.165, 1.54) is 11.3 Å². The van der Waals surface area contributed by atoms with Crippen LogP contribution in [-0.2, 0) is 0 Å². The molecular weight excluding hydrogens is 473 g/mol. The maximum Gasteiger partial charge on any atom is 0.262 e. The molecule has 0 bridgehead atoms. The number of nitrogens with one attached hydrogen (secondary N) is 1. The summed E-state index contributed by atoms with van der Waals surface area (Å²) in [5.74, 6) is 0.976. The number of carbonyl (C=O) groups is 1. The molecule has 0 fully saturated rings. The number of benzene rings is 3. The summed E-state index contributed by atoms with van der Waals surface area (Å²) < 4.78 is 6.81. The van der Waals surface area contributed by atoms with Crippen molar-refractivity contribution in [3.63, 3.8) is 0 Å². The van der Waals surface area contributed by atoms with Crippen LogP contribution < -0.4 is 10.1 Å². The van der Waals surface area contributed by atoms with Gasteiger partial charge >= 0.3 is 0 Å². The van der Waals surface area contributed by atoms with E-state index in [0.29, 0.717) is 16.7 Å². The summed E-state index contributed by atoms with van der Waals surface area (Å²) in [7, 11) is 0. The van der Waals surface area contributed by atoms with Crippen LogP contribution in [0.4, 0.5) is 0 Å². The average Bonchev–Trinajstić information content (AvgIpc) is 3.22. The minimum atomic E-state index is -0.0745. The van der Waals surface area contributed by atoms with E-state index in [1.807, 2.05) is 48.5 Å². The van der Waals surface area contributed by atoms with Crippen molar-refractivity contribution in [3.8, 4) is 16.9 Å². The van der Waals surface area contributed by atoms with Crippen LogP contribution in [0.15, 0.2) is 60.7 Å². The predicted octanol–water partition coefficient (Wildman–Crippen LogP) is 8.25. The summed E-state index contributed by atoms with van der Waals surface area (Å²) >= 11 is 14.4. The van der Waals surface area contributed by atoms with Gasteiger partial charge in [-0.15, -0.1) is 11.3 Å². The van der Waals surface area contributed by atoms with E-state index in [-0.39, 0.29) is 17.9 Å². The van der Waals surface area contributed by atoms with E-state index in [9.17, 15) is 4.79 Å². The smallest absolute Gasteiger partial charge is 0.262 e. The molecule has 0 spiro atoms. The maximum absolute atomic E-state index is 13.6. The van der Waals surface area contributed by atoms with Gasteiger partial charge in [-0.05, 0) is 29.0 Å². The Kier molecular flexibility index (Phi) is 6.09. The maximum atomic E-state index is 13.6. The predicted molar refractivity (Wildman–Crippen MR) is 138 cm³/mol. The van der Waals surface area contributed by atoms with Crippen LogP contribution in [0.5, 0.6) is 5.75 Å². The third-order valence-corrected chi connectivity index (χ3v) is 8.12. The molecule has 5 rings (SSSR count). The lowest BCUT2D eigenvalue weighted by molar-refractivity contribution is 0.0928. The van der Waals surface area contributed by atoms with Crippen molar-refractivity contribution < 1.29 is 9.53 Å². The van der Waals surface area contributed by atoms with Gasteiger partial charge in [-0.2, -0.15) is 0 Å². The zero-order valence-corrected chi connectivity index (χ0v) is 20.7. The van der Waals surface area contributed by atoms with E-state index in [1.54, 1.807) is 6.07 Å². The fraction of sp³-hybridized carbons (Fsp3) is 0.222. The number of fused-ring (bicyclic) bond motifs is 2. The number of rotatable bonds is 4. The third kappa shape index (κ3) is 4.01. The molecule has 1 unspecified atom stereocenters. The Morgan fingerprint density at radius 2 is 1.79 bits per heavy atom. The molecule has 33 heavy (non-hydrogen) atoms. The first kappa shape index (κ1) is 22.3. The Bertz CT molecular complexity index is 1360. The fourth-order valence-electron chi connectivity index (χ4n) is 4.52. The van der Waals surface area contributed by atoms with Gasteiger partial charge < -0.3 is 10.1 Å². The van der Waals surface area contributed by atoms with Gasteiger partial charge in [0, 0.05) is 27.8 Å². The van der Waals surface area contributed by atoms with Crippen molar-refractivity contribution in [3.05, 3.63) is 86.7 Å². The first-order chi connectivity index (χ1) is 16.0. The van der Waals surface area contributed by atoms with E-state index >= 15 is 0 Å². The molecule has 1 aliphatic heterocycles. The third-order valence-electron chi connectivity index (χ3n) is 6.04. The van der Waals surface area contributed by atoms with E-state index < -0.39 is 0 Å². The van der Waals surface area contributed by atoms with Crippen molar-refractivity contribution in [1.82, 2.24) is 5.32 Å². The van der Waals surface area contributed by atoms with Crippen molar-refractivity contribution in [2.24, 2.45) is 0 Å². The van der Waals surface area contributed by atoms with Crippen LogP contribution in [0.1, 0.15) is 53.0 Å². The second kappa shape index (κ2) is 9.02. The highest BCUT2D eigenvalue weighted by Crippen LogP contribution is 2.44. The van der Waals surface area contributed by atoms with Crippen molar-refractivity contribution in [2.75, 3.05) is 6.61 Å². The topological polar surface area (TPSA) is 38.3 Å². The number of ether oxygens (including phenoxy) is 1. The highest BCUT2D eigenvalue weighted by Gasteiger charge is 2.27. The first-order valence-corrected chi connectivity index (χ1v) is 12.5. The number of hydrogen-bond acceptors (Lipinski definition) is 3. The molecular formula is C27H23Cl2NO2S. The molecule has 0 saturated heterocycles. The van der Waals surface area contributed by atoms with Crippen molar-refractivity contribution in [1.29, 1.82) is 0 Å². The van der Waals surface area contributed by atoms with E-state index in [2.05, 4.69) is 25.2 Å². The number of hydrogen-bond donors (Lipinski definition) is 1. The number of amides is 1. The highest BCUT2D eigenvalue weighted by molar-refractivity contribution is 7.21. The van der Waals surface area contributed by atoms with Crippen LogP contribution >= 0.6 is 34.5 Å². The molecule has 0 radical (unpaired) electrons. The lowest BCUT2D eigenvalue weighted by Crippen LogP contribution is -2.32. The Morgan fingerprint density at radius 3 is 2.61 bits per heavy atom. The zero-order valence-electron chi connectivity index (χ0n) is 18.3. The van der Waals surface area contributed by atoms with E-state index in [0.717, 1.165) is 49.4 Å². The fourth-order valence-corrected chi connectivity index (χ4v) is 6.31. The molecule has 6 heteroatoms. The Morgan fingerprint density at radius 1 is 1.03 bits per heavy atom. The van der Waals surface area contributed by atoms with Gasteiger partial charge in [0.2, 0.25) is 0 Å². The van der Waals surface area contributed by atoms with Gasteiger partial charge in [0.25, 0.3) is 5.91 Å². The summed E-state index contributed by atoms with van der Waals surface area (Å²) in [6, 6.07) is 19.6. The van der Waals surface area contributed by atoms with Crippen LogP contribution in [-0.4, -0.2) is 12.5 Å². The minimum Gasteiger partial charge on any atom is -0.493 e. The van der Waals surface area contributed by atoms with E-state index in [4.69, 9.17) is 27.9 Å². The molecule has 2 heterocycles. The molecule has 0 aliphatic carbocycles.